The molecule has 23 heavy (non-hydrogen) atoms. The standard InChI is InChI=1S/C6H4F9NO4S.K.Na/c7-3(8,5(11,12)13)4(9,10)6(14,15)21(19,20)16-1-2(17)18;;/h16H,1H2,(H,17,18);;/q;2*+1/p-1. The molecule has 0 radical (unpaired) electrons. The van der Waals surface area contributed by atoms with Gasteiger partial charge in [-0.2, -0.15) is 39.5 Å². The molecule has 0 unspecified atom stereocenters. The van der Waals surface area contributed by atoms with Gasteiger partial charge in [-0.05, 0) is 0 Å². The number of hydrogen-bond acceptors (Lipinski definition) is 4. The largest absolute Gasteiger partial charge is 1.00 e. The Hall–Kier alpha value is 1.39. The fraction of sp³-hybridized carbons (Fsp3) is 0.833. The molecular weight excluding hydrogens is 415 g/mol. The van der Waals surface area contributed by atoms with E-state index in [2.05, 4.69) is 0 Å². The Kier molecular flexibility index (Phi) is 11.2. The van der Waals surface area contributed by atoms with E-state index in [0.717, 1.165) is 0 Å². The van der Waals surface area contributed by atoms with Crippen LogP contribution in [0.4, 0.5) is 39.5 Å². The SMILES string of the molecule is O=C([O-])CNS(=O)(=O)C(F)(F)C(F)(F)C(F)(F)C(F)(F)F.[K+].[Na+]. The first-order valence-electron chi connectivity index (χ1n) is 4.31. The molecule has 17 heteroatoms. The van der Waals surface area contributed by atoms with Crippen molar-refractivity contribution in [1.82, 2.24) is 4.72 Å². The average Bonchev–Trinajstić information content (AvgIpc) is 2.24. The van der Waals surface area contributed by atoms with Crippen LogP contribution in [0, 0.1) is 0 Å². The molecule has 0 rings (SSSR count). The molecule has 0 saturated carbocycles. The molecule has 0 spiro atoms. The second kappa shape index (κ2) is 8.85. The molecule has 0 aliphatic heterocycles. The molecular formula is C6H3F9KNNaO4S+. The summed E-state index contributed by atoms with van der Waals surface area (Å²) < 4.78 is 132. The second-order valence-corrected chi connectivity index (χ2v) is 5.17. The average molecular weight is 418 g/mol. The summed E-state index contributed by atoms with van der Waals surface area (Å²) in [6.45, 7) is -2.05. The Bertz CT molecular complexity index is 523. The number of carbonyl (C=O) groups is 1. The van der Waals surface area contributed by atoms with E-state index < -0.39 is 45.8 Å². The number of hydrogen-bond donors (Lipinski definition) is 1. The van der Waals surface area contributed by atoms with Gasteiger partial charge >= 0.3 is 104 Å². The smallest absolute Gasteiger partial charge is 0.549 e. The van der Waals surface area contributed by atoms with Crippen LogP contribution in [0.2, 0.25) is 0 Å². The summed E-state index contributed by atoms with van der Waals surface area (Å²) in [4.78, 5) is 9.78. The predicted octanol–water partition coefficient (Wildman–Crippen LogP) is -5.91. The molecule has 0 aromatic carbocycles. The predicted molar refractivity (Wildman–Crippen MR) is 42.8 cm³/mol. The fourth-order valence-electron chi connectivity index (χ4n) is 0.774. The van der Waals surface area contributed by atoms with E-state index in [9.17, 15) is 57.8 Å². The monoisotopic (exact) mass is 418 g/mol. The number of carboxylic acid groups (broad SMARTS) is 1. The van der Waals surface area contributed by atoms with Crippen molar-refractivity contribution in [3.05, 3.63) is 0 Å². The van der Waals surface area contributed by atoms with Crippen molar-refractivity contribution in [1.29, 1.82) is 0 Å². The van der Waals surface area contributed by atoms with E-state index in [1.165, 1.54) is 0 Å². The fourth-order valence-corrected chi connectivity index (χ4v) is 1.73. The van der Waals surface area contributed by atoms with E-state index in [1.807, 2.05) is 0 Å². The number of carbonyl (C=O) groups excluding carboxylic acids is 1. The number of alkyl halides is 9. The van der Waals surface area contributed by atoms with Crippen LogP contribution in [0.3, 0.4) is 0 Å². The minimum absolute atomic E-state index is 0. The van der Waals surface area contributed by atoms with Crippen molar-refractivity contribution >= 4 is 16.0 Å². The summed E-state index contributed by atoms with van der Waals surface area (Å²) in [6, 6.07) is 0. The zero-order valence-corrected chi connectivity index (χ0v) is 17.1. The van der Waals surface area contributed by atoms with Crippen LogP contribution in [0.25, 0.3) is 0 Å². The Morgan fingerprint density at radius 2 is 1.26 bits per heavy atom. The zero-order chi connectivity index (χ0) is 17.5. The normalized spacial score (nSPS) is 13.8. The van der Waals surface area contributed by atoms with E-state index >= 15 is 0 Å². The van der Waals surface area contributed by atoms with Crippen molar-refractivity contribution in [2.45, 2.75) is 23.3 Å². The van der Waals surface area contributed by atoms with Gasteiger partial charge in [0.25, 0.3) is 10.0 Å². The summed E-state index contributed by atoms with van der Waals surface area (Å²) in [5.74, 6) is -17.2. The van der Waals surface area contributed by atoms with Crippen molar-refractivity contribution < 1.29 is 139 Å². The molecule has 0 heterocycles. The van der Waals surface area contributed by atoms with Crippen molar-refractivity contribution in [3.63, 3.8) is 0 Å². The van der Waals surface area contributed by atoms with Gasteiger partial charge in [0.15, 0.2) is 0 Å². The number of nitrogens with one attached hydrogen (secondary N) is 1. The van der Waals surface area contributed by atoms with Gasteiger partial charge in [0.1, 0.15) is 0 Å². The first-order valence-corrected chi connectivity index (χ1v) is 5.79. The number of rotatable bonds is 6. The van der Waals surface area contributed by atoms with Gasteiger partial charge in [-0.3, -0.25) is 0 Å². The van der Waals surface area contributed by atoms with Crippen molar-refractivity contribution in [3.8, 4) is 0 Å². The molecule has 0 fully saturated rings. The molecule has 0 aromatic rings. The first-order chi connectivity index (χ1) is 8.92. The van der Waals surface area contributed by atoms with E-state index in [0.29, 0.717) is 0 Å². The first kappa shape index (κ1) is 29.2. The van der Waals surface area contributed by atoms with Gasteiger partial charge < -0.3 is 9.90 Å². The van der Waals surface area contributed by atoms with Gasteiger partial charge in [0.05, 0.1) is 12.5 Å². The maximum atomic E-state index is 12.9. The summed E-state index contributed by atoms with van der Waals surface area (Å²) in [5.41, 5.74) is 0. The quantitative estimate of drug-likeness (QED) is 0.344. The Morgan fingerprint density at radius 3 is 1.52 bits per heavy atom. The Labute approximate surface area is 187 Å². The van der Waals surface area contributed by atoms with E-state index in [1.54, 1.807) is 0 Å². The van der Waals surface area contributed by atoms with E-state index in [4.69, 9.17) is 0 Å². The molecule has 0 saturated heterocycles. The Balaban J connectivity index is -0.00000200. The number of carboxylic acids is 1. The summed E-state index contributed by atoms with van der Waals surface area (Å²) in [6.07, 6.45) is -7.19. The summed E-state index contributed by atoms with van der Waals surface area (Å²) in [5, 5.41) is 2.82. The van der Waals surface area contributed by atoms with Crippen LogP contribution in [0.1, 0.15) is 0 Å². The van der Waals surface area contributed by atoms with Crippen molar-refractivity contribution in [2.75, 3.05) is 6.54 Å². The van der Waals surface area contributed by atoms with Crippen LogP contribution >= 0.6 is 0 Å². The maximum absolute atomic E-state index is 12.9. The zero-order valence-electron chi connectivity index (χ0n) is 11.2. The van der Waals surface area contributed by atoms with E-state index in [-0.39, 0.29) is 85.7 Å². The molecule has 0 atom stereocenters. The van der Waals surface area contributed by atoms with Crippen LogP contribution in [-0.4, -0.2) is 44.2 Å². The van der Waals surface area contributed by atoms with Crippen LogP contribution in [0.15, 0.2) is 0 Å². The molecule has 0 aliphatic carbocycles. The second-order valence-electron chi connectivity index (χ2n) is 3.36. The molecule has 0 amide bonds. The molecule has 0 aliphatic rings. The summed E-state index contributed by atoms with van der Waals surface area (Å²) in [7, 11) is -6.89. The van der Waals surface area contributed by atoms with Crippen LogP contribution < -0.4 is 90.8 Å². The third kappa shape index (κ3) is 5.68. The van der Waals surface area contributed by atoms with Gasteiger partial charge in [0, 0.05) is 0 Å². The number of sulfonamides is 1. The molecule has 5 nitrogen and oxygen atoms in total. The number of aliphatic carboxylic acids is 1. The molecule has 1 N–H and O–H groups in total. The van der Waals surface area contributed by atoms with Crippen molar-refractivity contribution in [2.24, 2.45) is 0 Å². The maximum Gasteiger partial charge on any atom is 1.00 e. The van der Waals surface area contributed by atoms with Gasteiger partial charge in [-0.1, -0.05) is 0 Å². The third-order valence-corrected chi connectivity index (χ3v) is 3.32. The minimum atomic E-state index is -7.41. The molecule has 0 aromatic heterocycles. The van der Waals surface area contributed by atoms with Gasteiger partial charge in [0.2, 0.25) is 0 Å². The van der Waals surface area contributed by atoms with Gasteiger partial charge in [-0.25, -0.2) is 13.1 Å². The number of halogens is 9. The van der Waals surface area contributed by atoms with Crippen LogP contribution in [0.5, 0.6) is 0 Å². The van der Waals surface area contributed by atoms with Gasteiger partial charge in [-0.15, -0.1) is 0 Å². The minimum Gasteiger partial charge on any atom is -0.549 e. The molecule has 126 valence electrons. The molecule has 0 bridgehead atoms. The Morgan fingerprint density at radius 1 is 0.913 bits per heavy atom. The van der Waals surface area contributed by atoms with Crippen LogP contribution in [-0.2, 0) is 14.8 Å². The topological polar surface area (TPSA) is 86.3 Å². The summed E-state index contributed by atoms with van der Waals surface area (Å²) >= 11 is 0. The third-order valence-electron chi connectivity index (χ3n) is 1.86.